The molecule has 0 radical (unpaired) electrons. The Kier molecular flexibility index (Phi) is 4.30. The Labute approximate surface area is 163 Å². The molecule has 1 fully saturated rings. The van der Waals surface area contributed by atoms with Crippen LogP contribution in [0, 0.1) is 13.8 Å². The molecule has 1 aromatic heterocycles. The molecule has 1 saturated heterocycles. The Bertz CT molecular complexity index is 1200. The predicted octanol–water partition coefficient (Wildman–Crippen LogP) is 3.28. The number of aromatic nitrogens is 1. The number of benzene rings is 2. The van der Waals surface area contributed by atoms with Crippen molar-refractivity contribution in [3.8, 4) is 5.75 Å². The first-order chi connectivity index (χ1) is 13.3. The highest BCUT2D eigenvalue weighted by Gasteiger charge is 2.29. The van der Waals surface area contributed by atoms with Crippen LogP contribution < -0.4 is 9.62 Å². The van der Waals surface area contributed by atoms with Crippen LogP contribution in [0.3, 0.4) is 0 Å². The molecule has 0 bridgehead atoms. The predicted molar refractivity (Wildman–Crippen MR) is 110 cm³/mol. The molecule has 2 aromatic carbocycles. The maximum Gasteiger partial charge on any atom is 0.255 e. The number of amides is 1. The Morgan fingerprint density at radius 1 is 1.18 bits per heavy atom. The molecule has 4 rings (SSSR count). The molecule has 8 heteroatoms. The van der Waals surface area contributed by atoms with Crippen molar-refractivity contribution in [1.82, 2.24) is 4.98 Å². The second-order valence-electron chi connectivity index (χ2n) is 7.03. The number of H-pyrrole nitrogens is 1. The Balaban J connectivity index is 1.64. The molecule has 28 heavy (non-hydrogen) atoms. The first kappa shape index (κ1) is 18.4. The largest absolute Gasteiger partial charge is 0.506 e. The molecule has 1 aliphatic rings. The standard InChI is InChI=1S/C20H21N3O4S/c1-12-13(2)21-17-6-4-14(10-16(12)17)20(25)22-18-11-15(5-7-19(18)24)23-8-3-9-28(23,26)27/h4-7,10-11,21,24H,3,8-9H2,1-2H3,(H,22,25). The van der Waals surface area contributed by atoms with Crippen molar-refractivity contribution in [2.75, 3.05) is 21.9 Å². The summed E-state index contributed by atoms with van der Waals surface area (Å²) in [6, 6.07) is 9.76. The molecule has 0 spiro atoms. The lowest BCUT2D eigenvalue weighted by molar-refractivity contribution is 0.102. The summed E-state index contributed by atoms with van der Waals surface area (Å²) in [5, 5.41) is 13.8. The van der Waals surface area contributed by atoms with E-state index in [9.17, 15) is 18.3 Å². The van der Waals surface area contributed by atoms with Gasteiger partial charge in [0.25, 0.3) is 5.91 Å². The molecular formula is C20H21N3O4S. The quantitative estimate of drug-likeness (QED) is 0.588. The zero-order valence-electron chi connectivity index (χ0n) is 15.6. The number of carbonyl (C=O) groups excluding carboxylic acids is 1. The van der Waals surface area contributed by atoms with Crippen molar-refractivity contribution in [1.29, 1.82) is 0 Å². The van der Waals surface area contributed by atoms with Gasteiger partial charge < -0.3 is 15.4 Å². The van der Waals surface area contributed by atoms with Crippen LogP contribution in [0.1, 0.15) is 28.0 Å². The minimum atomic E-state index is -3.34. The van der Waals surface area contributed by atoms with E-state index in [1.54, 1.807) is 12.1 Å². The SMILES string of the molecule is Cc1[nH]c2ccc(C(=O)Nc3cc(N4CCCS4(=O)=O)ccc3O)cc2c1C. The van der Waals surface area contributed by atoms with Crippen LogP contribution in [0.25, 0.3) is 10.9 Å². The summed E-state index contributed by atoms with van der Waals surface area (Å²) >= 11 is 0. The summed E-state index contributed by atoms with van der Waals surface area (Å²) in [4.78, 5) is 16.0. The van der Waals surface area contributed by atoms with Crippen molar-refractivity contribution in [3.63, 3.8) is 0 Å². The number of nitrogens with one attached hydrogen (secondary N) is 2. The molecule has 0 unspecified atom stereocenters. The maximum atomic E-state index is 12.7. The monoisotopic (exact) mass is 399 g/mol. The van der Waals surface area contributed by atoms with E-state index in [2.05, 4.69) is 10.3 Å². The zero-order chi connectivity index (χ0) is 20.1. The van der Waals surface area contributed by atoms with Gasteiger partial charge in [0.2, 0.25) is 10.0 Å². The minimum absolute atomic E-state index is 0.102. The number of rotatable bonds is 3. The second kappa shape index (κ2) is 6.56. The zero-order valence-corrected chi connectivity index (χ0v) is 16.4. The van der Waals surface area contributed by atoms with E-state index in [0.29, 0.717) is 24.2 Å². The minimum Gasteiger partial charge on any atom is -0.506 e. The summed E-state index contributed by atoms with van der Waals surface area (Å²) in [6.07, 6.45) is 0.556. The van der Waals surface area contributed by atoms with Crippen LogP contribution in [-0.4, -0.2) is 36.7 Å². The molecule has 0 atom stereocenters. The van der Waals surface area contributed by atoms with Crippen LogP contribution in [0.4, 0.5) is 11.4 Å². The van der Waals surface area contributed by atoms with Crippen molar-refractivity contribution in [3.05, 3.63) is 53.2 Å². The first-order valence-corrected chi connectivity index (χ1v) is 10.6. The number of aryl methyl sites for hydroxylation is 2. The van der Waals surface area contributed by atoms with Gasteiger partial charge in [-0.25, -0.2) is 8.42 Å². The fraction of sp³-hybridized carbons (Fsp3) is 0.250. The fourth-order valence-electron chi connectivity index (χ4n) is 3.51. The second-order valence-corrected chi connectivity index (χ2v) is 9.05. The lowest BCUT2D eigenvalue weighted by Crippen LogP contribution is -2.25. The number of fused-ring (bicyclic) bond motifs is 1. The molecule has 3 aromatic rings. The number of nitrogens with zero attached hydrogens (tertiary/aromatic N) is 1. The average molecular weight is 399 g/mol. The van der Waals surface area contributed by atoms with Gasteiger partial charge in [0, 0.05) is 28.7 Å². The van der Waals surface area contributed by atoms with E-state index in [1.807, 2.05) is 19.9 Å². The van der Waals surface area contributed by atoms with Crippen LogP contribution in [0.5, 0.6) is 5.75 Å². The van der Waals surface area contributed by atoms with Crippen LogP contribution in [-0.2, 0) is 10.0 Å². The third-order valence-electron chi connectivity index (χ3n) is 5.19. The summed E-state index contributed by atoms with van der Waals surface area (Å²) in [6.45, 7) is 4.36. The third kappa shape index (κ3) is 3.09. The number of hydrogen-bond donors (Lipinski definition) is 3. The van der Waals surface area contributed by atoms with Crippen molar-refractivity contribution in [2.45, 2.75) is 20.3 Å². The van der Waals surface area contributed by atoms with Crippen molar-refractivity contribution < 1.29 is 18.3 Å². The van der Waals surface area contributed by atoms with Crippen LogP contribution >= 0.6 is 0 Å². The average Bonchev–Trinajstić information content (AvgIpc) is 3.15. The fourth-order valence-corrected chi connectivity index (χ4v) is 5.06. The Morgan fingerprint density at radius 3 is 2.68 bits per heavy atom. The maximum absolute atomic E-state index is 12.7. The Hall–Kier alpha value is -3.00. The van der Waals surface area contributed by atoms with Crippen LogP contribution in [0.2, 0.25) is 0 Å². The number of hydrogen-bond acceptors (Lipinski definition) is 4. The molecule has 2 heterocycles. The number of phenols is 1. The van der Waals surface area contributed by atoms with Crippen molar-refractivity contribution >= 4 is 38.2 Å². The summed E-state index contributed by atoms with van der Waals surface area (Å²) in [7, 11) is -3.34. The van der Waals surface area contributed by atoms with Gasteiger partial charge in [-0.1, -0.05) is 0 Å². The molecule has 0 saturated carbocycles. The highest BCUT2D eigenvalue weighted by atomic mass is 32.2. The number of sulfonamides is 1. The number of aromatic amines is 1. The summed E-state index contributed by atoms with van der Waals surface area (Å²) in [5.41, 5.74) is 4.13. The van der Waals surface area contributed by atoms with Gasteiger partial charge in [-0.3, -0.25) is 9.10 Å². The van der Waals surface area contributed by atoms with Gasteiger partial charge in [-0.2, -0.15) is 0 Å². The van der Waals surface area contributed by atoms with Gasteiger partial charge in [0.15, 0.2) is 0 Å². The molecular weight excluding hydrogens is 378 g/mol. The molecule has 146 valence electrons. The summed E-state index contributed by atoms with van der Waals surface area (Å²) < 4.78 is 25.6. The topological polar surface area (TPSA) is 103 Å². The molecule has 7 nitrogen and oxygen atoms in total. The number of carbonyl (C=O) groups is 1. The lowest BCUT2D eigenvalue weighted by atomic mass is 10.1. The van der Waals surface area contributed by atoms with E-state index in [4.69, 9.17) is 0 Å². The van der Waals surface area contributed by atoms with Gasteiger partial charge in [-0.05, 0) is 62.2 Å². The van der Waals surface area contributed by atoms with E-state index >= 15 is 0 Å². The summed E-state index contributed by atoms with van der Waals surface area (Å²) in [5.74, 6) is -0.398. The molecule has 1 amide bonds. The number of phenolic OH excluding ortho intramolecular Hbond substituents is 1. The molecule has 0 aliphatic carbocycles. The highest BCUT2D eigenvalue weighted by molar-refractivity contribution is 7.93. The van der Waals surface area contributed by atoms with E-state index in [1.165, 1.54) is 22.5 Å². The molecule has 3 N–H and O–H groups in total. The molecule has 1 aliphatic heterocycles. The van der Waals surface area contributed by atoms with Gasteiger partial charge >= 0.3 is 0 Å². The normalized spacial score (nSPS) is 15.9. The van der Waals surface area contributed by atoms with Gasteiger partial charge in [0.1, 0.15) is 5.75 Å². The third-order valence-corrected chi connectivity index (χ3v) is 7.06. The van der Waals surface area contributed by atoms with Gasteiger partial charge in [0.05, 0.1) is 17.1 Å². The lowest BCUT2D eigenvalue weighted by Gasteiger charge is -2.18. The Morgan fingerprint density at radius 2 is 1.96 bits per heavy atom. The number of anilines is 2. The van der Waals surface area contributed by atoms with Gasteiger partial charge in [-0.15, -0.1) is 0 Å². The van der Waals surface area contributed by atoms with E-state index in [-0.39, 0.29) is 23.1 Å². The van der Waals surface area contributed by atoms with Crippen LogP contribution in [0.15, 0.2) is 36.4 Å². The number of aromatic hydroxyl groups is 1. The highest BCUT2D eigenvalue weighted by Crippen LogP contribution is 2.32. The van der Waals surface area contributed by atoms with Crippen molar-refractivity contribution in [2.24, 2.45) is 0 Å². The van der Waals surface area contributed by atoms with E-state index < -0.39 is 10.0 Å². The smallest absolute Gasteiger partial charge is 0.255 e. The first-order valence-electron chi connectivity index (χ1n) is 9.00. The van der Waals surface area contributed by atoms with E-state index in [0.717, 1.165) is 22.2 Å².